The van der Waals surface area contributed by atoms with Crippen molar-refractivity contribution in [2.24, 2.45) is 0 Å². The Labute approximate surface area is 57.9 Å². The van der Waals surface area contributed by atoms with E-state index < -0.39 is 26.7 Å². The van der Waals surface area contributed by atoms with Crippen molar-refractivity contribution in [1.82, 2.24) is 0 Å². The number of quaternary nitrogens is 2. The van der Waals surface area contributed by atoms with E-state index in [0.29, 0.717) is 0 Å². The Kier molecular flexibility index (Phi) is 4.71. The summed E-state index contributed by atoms with van der Waals surface area (Å²) in [6.07, 6.45) is 0. The van der Waals surface area contributed by atoms with Crippen LogP contribution in [-0.4, -0.2) is 12.0 Å². The molecule has 2 N–H and O–H groups in total. The number of hydroxylamine groups is 2. The summed E-state index contributed by atoms with van der Waals surface area (Å²) in [6, 6.07) is 0. The van der Waals surface area contributed by atoms with E-state index in [9.17, 15) is 10.4 Å². The van der Waals surface area contributed by atoms with E-state index in [4.69, 9.17) is 0 Å². The van der Waals surface area contributed by atoms with Crippen LogP contribution in [-0.2, 0) is 4.94 Å². The molecule has 0 saturated carbocycles. The second-order valence-electron chi connectivity index (χ2n) is 1.02. The van der Waals surface area contributed by atoms with Gasteiger partial charge in [-0.1, -0.05) is 0 Å². The fourth-order valence-corrected chi connectivity index (χ4v) is 0.682. The van der Waals surface area contributed by atoms with Gasteiger partial charge in [0, 0.05) is 0 Å². The number of alkyl halides is 1. The van der Waals surface area contributed by atoms with Gasteiger partial charge in [0.2, 0.25) is 0 Å². The van der Waals surface area contributed by atoms with Crippen LogP contribution in [0.25, 0.3) is 0 Å². The number of rotatable bonds is 3. The molecule has 0 heterocycles. The van der Waals surface area contributed by atoms with E-state index >= 15 is 0 Å². The third-order valence-corrected chi connectivity index (χ3v) is 1.48. The van der Waals surface area contributed by atoms with Gasteiger partial charge in [-0.2, -0.15) is 0 Å². The predicted molar refractivity (Wildman–Crippen MR) is 21.6 cm³/mol. The standard InChI is InChI=1S/C2H8IN2O3/c1-3-5(7)8-4(2)6/h4-5H,1-2H3/q-1. The molecule has 0 aromatic rings. The molecule has 8 heavy (non-hydrogen) atoms. The van der Waals surface area contributed by atoms with Crippen molar-refractivity contribution < 1.29 is 35.1 Å². The summed E-state index contributed by atoms with van der Waals surface area (Å²) in [7, 11) is 1.22. The Morgan fingerprint density at radius 2 is 2.00 bits per heavy atom. The summed E-state index contributed by atoms with van der Waals surface area (Å²) < 4.78 is -0.365. The summed E-state index contributed by atoms with van der Waals surface area (Å²) in [6.45, 7) is 0. The molecule has 0 rings (SSSR count). The normalized spacial score (nSPS) is 18.5. The summed E-state index contributed by atoms with van der Waals surface area (Å²) >= 11 is -0.571. The van der Waals surface area contributed by atoms with Crippen LogP contribution >= 0.6 is 0 Å². The molecule has 52 valence electrons. The van der Waals surface area contributed by atoms with Gasteiger partial charge in [-0.05, 0) is 0 Å². The summed E-state index contributed by atoms with van der Waals surface area (Å²) in [4.78, 5) is 5.91. The fourth-order valence-electron chi connectivity index (χ4n) is 0.152. The molecule has 0 aromatic heterocycles. The van der Waals surface area contributed by atoms with Crippen LogP contribution in [0, 0.1) is 10.4 Å². The van der Waals surface area contributed by atoms with Crippen molar-refractivity contribution in [2.45, 2.75) is 0 Å². The zero-order valence-corrected chi connectivity index (χ0v) is 6.76. The molecule has 0 aromatic carbocycles. The van der Waals surface area contributed by atoms with E-state index in [1.807, 2.05) is 0 Å². The molecule has 6 heteroatoms. The topological polar surface area (TPSA) is 64.2 Å². The van der Waals surface area contributed by atoms with Crippen LogP contribution in [0.4, 0.5) is 0 Å². The average molecular weight is 235 g/mol. The fraction of sp³-hybridized carbons (Fsp3) is 1.00. The number of hydrogen-bond donors (Lipinski definition) is 2. The monoisotopic (exact) mass is 235 g/mol. The second kappa shape index (κ2) is 4.41. The number of nitrogens with one attached hydrogen (secondary N) is 2. The maximum absolute atomic E-state index is 10.2. The molecule has 0 radical (unpaired) electrons. The quantitative estimate of drug-likeness (QED) is 0.221. The van der Waals surface area contributed by atoms with Crippen LogP contribution in [0.1, 0.15) is 0 Å². The first-order chi connectivity index (χ1) is 3.66. The molecule has 0 aliphatic rings. The maximum atomic E-state index is 10.2. The van der Waals surface area contributed by atoms with Gasteiger partial charge in [-0.25, -0.2) is 0 Å². The van der Waals surface area contributed by atoms with Gasteiger partial charge in [0.15, 0.2) is 0 Å². The molecular formula is C2H8IN2O3-. The van der Waals surface area contributed by atoms with E-state index in [2.05, 4.69) is 4.94 Å². The molecule has 0 aliphatic carbocycles. The van der Waals surface area contributed by atoms with Crippen LogP contribution in [0.3, 0.4) is 0 Å². The molecule has 0 amide bonds. The Bertz CT molecular complexity index is 61.2. The van der Waals surface area contributed by atoms with Crippen molar-refractivity contribution in [3.63, 3.8) is 0 Å². The van der Waals surface area contributed by atoms with E-state index in [1.165, 1.54) is 7.05 Å². The summed E-state index contributed by atoms with van der Waals surface area (Å²) in [5.41, 5.74) is 0. The first-order valence-electron chi connectivity index (χ1n) is 1.88. The summed E-state index contributed by atoms with van der Waals surface area (Å²) in [5.74, 6) is 0. The molecule has 2 atom stereocenters. The second-order valence-corrected chi connectivity index (χ2v) is 2.98. The molecule has 0 bridgehead atoms. The summed E-state index contributed by atoms with van der Waals surface area (Å²) in [5, 5.41) is 19.7. The minimum absolute atomic E-state index is 0.365. The molecule has 0 aliphatic heterocycles. The van der Waals surface area contributed by atoms with Crippen LogP contribution in [0.5, 0.6) is 0 Å². The van der Waals surface area contributed by atoms with E-state index in [1.54, 1.807) is 4.93 Å². The molecular weight excluding hydrogens is 227 g/mol. The van der Waals surface area contributed by atoms with Crippen molar-refractivity contribution in [3.05, 3.63) is 10.4 Å². The van der Waals surface area contributed by atoms with Crippen molar-refractivity contribution in [3.8, 4) is 0 Å². The Hall–Kier alpha value is 0.530. The number of halogens is 1. The van der Waals surface area contributed by atoms with Gasteiger partial charge in [0.1, 0.15) is 0 Å². The zero-order valence-electron chi connectivity index (χ0n) is 4.60. The molecule has 5 nitrogen and oxygen atoms in total. The Morgan fingerprint density at radius 1 is 1.50 bits per heavy atom. The molecule has 0 fully saturated rings. The SMILES string of the molecule is C[I-][NH+]([O-])O[NH+](C)[O-]. The van der Waals surface area contributed by atoms with Crippen molar-refractivity contribution in [2.75, 3.05) is 12.0 Å². The predicted octanol–water partition coefficient (Wildman–Crippen LogP) is -6.14. The third-order valence-electron chi connectivity index (χ3n) is 0.378. The molecule has 0 saturated heterocycles. The Morgan fingerprint density at radius 3 is 2.12 bits per heavy atom. The van der Waals surface area contributed by atoms with Gasteiger partial charge < -0.3 is 0 Å². The Balaban J connectivity index is 3.10. The van der Waals surface area contributed by atoms with Gasteiger partial charge >= 0.3 is 57.5 Å². The first kappa shape index (κ1) is 8.53. The van der Waals surface area contributed by atoms with Crippen molar-refractivity contribution in [1.29, 1.82) is 0 Å². The van der Waals surface area contributed by atoms with E-state index in [0.717, 1.165) is 0 Å². The van der Waals surface area contributed by atoms with Crippen molar-refractivity contribution >= 4 is 0 Å². The van der Waals surface area contributed by atoms with Gasteiger partial charge in [0.25, 0.3) is 0 Å². The van der Waals surface area contributed by atoms with Gasteiger partial charge in [0.05, 0.1) is 0 Å². The van der Waals surface area contributed by atoms with Crippen LogP contribution < -0.4 is 30.1 Å². The first-order valence-corrected chi connectivity index (χ1v) is 5.12. The average Bonchev–Trinajstić information content (AvgIpc) is 1.65. The minimum atomic E-state index is -0.571. The van der Waals surface area contributed by atoms with Crippen LogP contribution in [0.15, 0.2) is 0 Å². The molecule has 0 spiro atoms. The van der Waals surface area contributed by atoms with Gasteiger partial charge in [-0.3, -0.25) is 0 Å². The zero-order chi connectivity index (χ0) is 6.57. The van der Waals surface area contributed by atoms with Gasteiger partial charge in [-0.15, -0.1) is 0 Å². The number of hydrogen-bond acceptors (Lipinski definition) is 3. The third kappa shape index (κ3) is 4.68. The molecule has 2 unspecified atom stereocenters. The van der Waals surface area contributed by atoms with E-state index in [-0.39, 0.29) is 3.44 Å². The van der Waals surface area contributed by atoms with Crippen LogP contribution in [0.2, 0.25) is 0 Å².